The number of hydroxylamine groups is 2. The van der Waals surface area contributed by atoms with Crippen LogP contribution in [-0.2, 0) is 9.59 Å². The van der Waals surface area contributed by atoms with E-state index in [0.29, 0.717) is 10.1 Å². The van der Waals surface area contributed by atoms with Gasteiger partial charge >= 0.3 is 0 Å². The monoisotopic (exact) mass is 522 g/mol. The van der Waals surface area contributed by atoms with Crippen LogP contribution in [0.25, 0.3) is 0 Å². The number of benzene rings is 3. The lowest BCUT2D eigenvalue weighted by Gasteiger charge is -2.30. The largest absolute Gasteiger partial charge is 0.493 e. The zero-order valence-corrected chi connectivity index (χ0v) is 21.1. The normalized spacial score (nSPS) is 10.2. The van der Waals surface area contributed by atoms with E-state index in [1.54, 1.807) is 60.7 Å². The van der Waals surface area contributed by atoms with Crippen molar-refractivity contribution in [2.75, 3.05) is 24.3 Å². The first-order chi connectivity index (χ1) is 18.1. The summed E-state index contributed by atoms with van der Waals surface area (Å²) in [7, 11) is 2.34. The van der Waals surface area contributed by atoms with Crippen LogP contribution >= 0.6 is 0 Å². The van der Waals surface area contributed by atoms with Crippen molar-refractivity contribution in [3.63, 3.8) is 0 Å². The van der Waals surface area contributed by atoms with Gasteiger partial charge in [0.15, 0.2) is 23.0 Å². The molecule has 0 radical (unpaired) electrons. The lowest BCUT2D eigenvalue weighted by atomic mass is 10.0. The fraction of sp³-hybridized carbons (Fsp3) is 0.154. The SMILES string of the molecule is COc1c(C(N)=O)c(N(Oc2ccccc2)C(C)=O)c(OC)c(C(N)=O)c1N(Oc1ccccc1)C(C)=O. The number of nitrogens with zero attached hydrogens (tertiary/aromatic N) is 2. The zero-order chi connectivity index (χ0) is 28.0. The Bertz CT molecular complexity index is 1260. The summed E-state index contributed by atoms with van der Waals surface area (Å²) in [5.41, 5.74) is 9.86. The Hall–Kier alpha value is -5.26. The van der Waals surface area contributed by atoms with Gasteiger partial charge in [0.2, 0.25) is 0 Å². The van der Waals surface area contributed by atoms with Gasteiger partial charge in [-0.1, -0.05) is 36.4 Å². The third kappa shape index (κ3) is 5.43. The Morgan fingerprint density at radius 1 is 0.605 bits per heavy atom. The molecule has 4 amide bonds. The number of amides is 4. The number of rotatable bonds is 10. The van der Waals surface area contributed by atoms with Crippen LogP contribution in [0.1, 0.15) is 34.6 Å². The number of carbonyl (C=O) groups is 4. The molecule has 12 nitrogen and oxygen atoms in total. The summed E-state index contributed by atoms with van der Waals surface area (Å²) in [4.78, 5) is 62.8. The third-order valence-corrected chi connectivity index (χ3v) is 5.12. The highest BCUT2D eigenvalue weighted by atomic mass is 16.7. The van der Waals surface area contributed by atoms with E-state index in [-0.39, 0.29) is 22.9 Å². The van der Waals surface area contributed by atoms with Crippen LogP contribution < -0.4 is 40.7 Å². The van der Waals surface area contributed by atoms with E-state index < -0.39 is 46.3 Å². The Morgan fingerprint density at radius 3 is 1.16 bits per heavy atom. The van der Waals surface area contributed by atoms with E-state index in [1.807, 2.05) is 0 Å². The summed E-state index contributed by atoms with van der Waals surface area (Å²) < 4.78 is 11.0. The van der Waals surface area contributed by atoms with Crippen molar-refractivity contribution < 1.29 is 38.3 Å². The van der Waals surface area contributed by atoms with Gasteiger partial charge in [-0.15, -0.1) is 10.1 Å². The molecule has 0 saturated carbocycles. The van der Waals surface area contributed by atoms with Gasteiger partial charge < -0.3 is 30.6 Å². The van der Waals surface area contributed by atoms with Gasteiger partial charge in [-0.3, -0.25) is 19.2 Å². The topological polar surface area (TPSA) is 164 Å². The predicted molar refractivity (Wildman–Crippen MR) is 137 cm³/mol. The fourth-order valence-corrected chi connectivity index (χ4v) is 3.63. The fourth-order valence-electron chi connectivity index (χ4n) is 3.63. The molecule has 3 rings (SSSR count). The first kappa shape index (κ1) is 27.3. The van der Waals surface area contributed by atoms with Crippen molar-refractivity contribution in [2.45, 2.75) is 13.8 Å². The molecule has 0 aliphatic carbocycles. The van der Waals surface area contributed by atoms with E-state index in [9.17, 15) is 19.2 Å². The van der Waals surface area contributed by atoms with Crippen LogP contribution in [-0.4, -0.2) is 37.8 Å². The first-order valence-corrected chi connectivity index (χ1v) is 11.1. The number of primary amides is 2. The van der Waals surface area contributed by atoms with Crippen molar-refractivity contribution in [1.29, 1.82) is 0 Å². The summed E-state index contributed by atoms with van der Waals surface area (Å²) in [5, 5.41) is 1.42. The Labute approximate surface area is 218 Å². The number of anilines is 2. The van der Waals surface area contributed by atoms with E-state index in [1.165, 1.54) is 14.2 Å². The summed E-state index contributed by atoms with van der Waals surface area (Å²) in [6.45, 7) is 2.30. The summed E-state index contributed by atoms with van der Waals surface area (Å²) in [6.07, 6.45) is 0. The highest BCUT2D eigenvalue weighted by Gasteiger charge is 2.39. The second kappa shape index (κ2) is 11.6. The third-order valence-electron chi connectivity index (χ3n) is 5.12. The molecule has 0 aromatic heterocycles. The Morgan fingerprint density at radius 2 is 0.921 bits per heavy atom. The van der Waals surface area contributed by atoms with Gasteiger partial charge in [0.05, 0.1) is 14.2 Å². The minimum absolute atomic E-state index is 0.210. The van der Waals surface area contributed by atoms with Gasteiger partial charge in [-0.2, -0.15) is 0 Å². The van der Waals surface area contributed by atoms with Crippen molar-refractivity contribution in [1.82, 2.24) is 0 Å². The standard InChI is InChI=1S/C26H26N4O8/c1-15(31)29(37-17-11-7-5-8-12-17)21-19(25(27)33)24(36-4)22(20(26(28)34)23(21)35-3)30(16(2)32)38-18-13-9-6-10-14-18/h5-14H,1-4H3,(H2,27,33)(H2,28,34). The maximum atomic E-state index is 12.9. The van der Waals surface area contributed by atoms with E-state index >= 15 is 0 Å². The van der Waals surface area contributed by atoms with Gasteiger partial charge in [-0.25, -0.2) is 0 Å². The summed E-state index contributed by atoms with van der Waals surface area (Å²) in [5.74, 6) is -4.00. The second-order valence-corrected chi connectivity index (χ2v) is 7.68. The van der Waals surface area contributed by atoms with Crippen LogP contribution in [0.4, 0.5) is 11.4 Å². The molecule has 0 saturated heterocycles. The molecule has 198 valence electrons. The van der Waals surface area contributed by atoms with Gasteiger partial charge in [0, 0.05) is 13.8 Å². The number of ether oxygens (including phenoxy) is 2. The number of nitrogens with two attached hydrogens (primary N) is 2. The molecule has 0 fully saturated rings. The van der Waals surface area contributed by atoms with Crippen molar-refractivity contribution in [3.05, 3.63) is 71.8 Å². The molecule has 0 aliphatic rings. The van der Waals surface area contributed by atoms with Gasteiger partial charge in [0.1, 0.15) is 22.5 Å². The number of methoxy groups -OCH3 is 2. The highest BCUT2D eigenvalue weighted by molar-refractivity contribution is 6.16. The molecule has 3 aromatic carbocycles. The van der Waals surface area contributed by atoms with Gasteiger partial charge in [0.25, 0.3) is 23.6 Å². The average Bonchev–Trinajstić information content (AvgIpc) is 2.89. The van der Waals surface area contributed by atoms with Crippen molar-refractivity contribution >= 4 is 35.0 Å². The van der Waals surface area contributed by atoms with Crippen molar-refractivity contribution in [2.24, 2.45) is 11.5 Å². The lowest BCUT2D eigenvalue weighted by molar-refractivity contribution is -0.121. The molecule has 0 spiro atoms. The van der Waals surface area contributed by atoms with Gasteiger partial charge in [-0.05, 0) is 24.3 Å². The second-order valence-electron chi connectivity index (χ2n) is 7.68. The molecule has 0 unspecified atom stereocenters. The number of hydrogen-bond donors (Lipinski definition) is 2. The molecule has 0 atom stereocenters. The molecular formula is C26H26N4O8. The van der Waals surface area contributed by atoms with Crippen LogP contribution in [0, 0.1) is 0 Å². The molecule has 12 heteroatoms. The van der Waals surface area contributed by atoms with E-state index in [0.717, 1.165) is 13.8 Å². The molecule has 0 aliphatic heterocycles. The maximum Gasteiger partial charge on any atom is 0.257 e. The van der Waals surface area contributed by atoms with Crippen LogP contribution in [0.5, 0.6) is 23.0 Å². The minimum Gasteiger partial charge on any atom is -0.493 e. The first-order valence-electron chi connectivity index (χ1n) is 11.1. The molecule has 3 aromatic rings. The quantitative estimate of drug-likeness (QED) is 0.384. The van der Waals surface area contributed by atoms with Crippen molar-refractivity contribution in [3.8, 4) is 23.0 Å². The summed E-state index contributed by atoms with van der Waals surface area (Å²) in [6, 6.07) is 16.3. The molecule has 0 heterocycles. The van der Waals surface area contributed by atoms with Crippen LogP contribution in [0.3, 0.4) is 0 Å². The van der Waals surface area contributed by atoms with Crippen LogP contribution in [0.15, 0.2) is 60.7 Å². The number of carbonyl (C=O) groups excluding carboxylic acids is 4. The maximum absolute atomic E-state index is 12.9. The smallest absolute Gasteiger partial charge is 0.257 e. The number of hydrogen-bond acceptors (Lipinski definition) is 8. The lowest BCUT2D eigenvalue weighted by Crippen LogP contribution is -2.38. The molecule has 4 N–H and O–H groups in total. The summed E-state index contributed by atoms with van der Waals surface area (Å²) >= 11 is 0. The Balaban J connectivity index is 2.44. The van der Waals surface area contributed by atoms with Crippen LogP contribution in [0.2, 0.25) is 0 Å². The zero-order valence-electron chi connectivity index (χ0n) is 21.1. The Kier molecular flexibility index (Phi) is 8.38. The molecular weight excluding hydrogens is 496 g/mol. The molecule has 0 bridgehead atoms. The average molecular weight is 523 g/mol. The predicted octanol–water partition coefficient (Wildman–Crippen LogP) is 2.60. The minimum atomic E-state index is -1.10. The highest BCUT2D eigenvalue weighted by Crippen LogP contribution is 2.49. The van der Waals surface area contributed by atoms with E-state index in [4.69, 9.17) is 30.6 Å². The number of para-hydroxylation sites is 2. The van der Waals surface area contributed by atoms with E-state index in [2.05, 4.69) is 0 Å². The molecule has 38 heavy (non-hydrogen) atoms.